The van der Waals surface area contributed by atoms with Crippen LogP contribution >= 0.6 is 11.6 Å². The summed E-state index contributed by atoms with van der Waals surface area (Å²) in [5.41, 5.74) is 0.772. The summed E-state index contributed by atoms with van der Waals surface area (Å²) in [5, 5.41) is 0.144. The zero-order valence-corrected chi connectivity index (χ0v) is 15.3. The van der Waals surface area contributed by atoms with Gasteiger partial charge in [-0.1, -0.05) is 17.7 Å². The minimum absolute atomic E-state index is 0.0776. The highest BCUT2D eigenvalue weighted by molar-refractivity contribution is 7.92. The van der Waals surface area contributed by atoms with E-state index in [-0.39, 0.29) is 17.3 Å². The van der Waals surface area contributed by atoms with E-state index < -0.39 is 26.6 Å². The molecule has 0 aliphatic heterocycles. The molecule has 3 rings (SSSR count). The van der Waals surface area contributed by atoms with E-state index in [0.29, 0.717) is 17.5 Å². The van der Waals surface area contributed by atoms with Crippen molar-refractivity contribution in [3.63, 3.8) is 0 Å². The number of hydrogen-bond donors (Lipinski definition) is 1. The number of sulfonamides is 1. The lowest BCUT2D eigenvalue weighted by Crippen LogP contribution is -2.15. The van der Waals surface area contributed by atoms with Crippen molar-refractivity contribution >= 4 is 27.3 Å². The number of rotatable bonds is 6. The van der Waals surface area contributed by atoms with Crippen molar-refractivity contribution in [2.45, 2.75) is 11.5 Å². The van der Waals surface area contributed by atoms with Gasteiger partial charge in [0, 0.05) is 6.20 Å². The molecule has 0 atom stereocenters. The van der Waals surface area contributed by atoms with Gasteiger partial charge in [-0.3, -0.25) is 9.71 Å². The first-order valence-corrected chi connectivity index (χ1v) is 9.51. The summed E-state index contributed by atoms with van der Waals surface area (Å²) in [6.07, 6.45) is 1.63. The summed E-state index contributed by atoms with van der Waals surface area (Å²) in [6, 6.07) is 11.7. The highest BCUT2D eigenvalue weighted by Crippen LogP contribution is 2.29. The lowest BCUT2D eigenvalue weighted by Gasteiger charge is -2.12. The van der Waals surface area contributed by atoms with Crippen LogP contribution in [0.3, 0.4) is 0 Å². The highest BCUT2D eigenvalue weighted by Gasteiger charge is 2.20. The first-order chi connectivity index (χ1) is 12.8. The topological polar surface area (TPSA) is 68.3 Å². The van der Waals surface area contributed by atoms with E-state index in [2.05, 4.69) is 9.71 Å². The van der Waals surface area contributed by atoms with E-state index in [9.17, 15) is 17.2 Å². The number of halogens is 3. The van der Waals surface area contributed by atoms with Crippen LogP contribution in [-0.2, 0) is 16.6 Å². The van der Waals surface area contributed by atoms with E-state index in [1.54, 1.807) is 18.3 Å². The third kappa shape index (κ3) is 4.72. The summed E-state index contributed by atoms with van der Waals surface area (Å²) in [7, 11) is -4.33. The van der Waals surface area contributed by atoms with Gasteiger partial charge in [0.2, 0.25) is 0 Å². The van der Waals surface area contributed by atoms with Gasteiger partial charge in [0.25, 0.3) is 10.0 Å². The molecule has 0 aliphatic rings. The molecule has 0 aliphatic carbocycles. The van der Waals surface area contributed by atoms with Crippen LogP contribution in [-0.4, -0.2) is 13.4 Å². The Morgan fingerprint density at radius 1 is 1.07 bits per heavy atom. The van der Waals surface area contributed by atoms with Gasteiger partial charge in [-0.05, 0) is 48.5 Å². The van der Waals surface area contributed by atoms with Crippen molar-refractivity contribution in [2.24, 2.45) is 0 Å². The van der Waals surface area contributed by atoms with Crippen LogP contribution in [0.5, 0.6) is 5.75 Å². The Morgan fingerprint density at radius 3 is 2.59 bits per heavy atom. The highest BCUT2D eigenvalue weighted by atomic mass is 35.5. The molecule has 0 bridgehead atoms. The lowest BCUT2D eigenvalue weighted by molar-refractivity contribution is 0.301. The zero-order valence-electron chi connectivity index (χ0n) is 13.7. The molecule has 27 heavy (non-hydrogen) atoms. The number of anilines is 1. The van der Waals surface area contributed by atoms with Crippen LogP contribution in [0, 0.1) is 11.6 Å². The van der Waals surface area contributed by atoms with Crippen LogP contribution in [0.25, 0.3) is 0 Å². The normalized spacial score (nSPS) is 11.2. The fourth-order valence-electron chi connectivity index (χ4n) is 2.21. The molecule has 0 fully saturated rings. The summed E-state index contributed by atoms with van der Waals surface area (Å²) >= 11 is 6.11. The van der Waals surface area contributed by atoms with Crippen LogP contribution in [0.15, 0.2) is 65.7 Å². The molecule has 140 valence electrons. The molecule has 0 spiro atoms. The van der Waals surface area contributed by atoms with Crippen LogP contribution in [0.2, 0.25) is 5.02 Å². The summed E-state index contributed by atoms with van der Waals surface area (Å²) in [4.78, 5) is 3.32. The lowest BCUT2D eigenvalue weighted by atomic mass is 10.3. The maximum absolute atomic E-state index is 13.7. The molecule has 0 amide bonds. The quantitative estimate of drug-likeness (QED) is 0.654. The molecule has 3 aromatic rings. The Labute approximate surface area is 159 Å². The third-order valence-corrected chi connectivity index (χ3v) is 5.16. The predicted molar refractivity (Wildman–Crippen MR) is 97.2 cm³/mol. The second kappa shape index (κ2) is 7.89. The smallest absolute Gasteiger partial charge is 0.264 e. The van der Waals surface area contributed by atoms with E-state index in [1.165, 1.54) is 18.2 Å². The third-order valence-electron chi connectivity index (χ3n) is 3.47. The fraction of sp³-hybridized carbons (Fsp3) is 0.0556. The molecule has 5 nitrogen and oxygen atoms in total. The molecule has 9 heteroatoms. The predicted octanol–water partition coefficient (Wildman–Crippen LogP) is 4.39. The molecule has 0 saturated heterocycles. The van der Waals surface area contributed by atoms with Crippen LogP contribution in [0.4, 0.5) is 14.5 Å². The molecule has 1 N–H and O–H groups in total. The fourth-order valence-corrected chi connectivity index (χ4v) is 3.58. The Hall–Kier alpha value is -2.71. The van der Waals surface area contributed by atoms with E-state index in [4.69, 9.17) is 16.3 Å². The first-order valence-electron chi connectivity index (χ1n) is 7.65. The van der Waals surface area contributed by atoms with Gasteiger partial charge in [0.15, 0.2) is 0 Å². The average molecular weight is 411 g/mol. The minimum Gasteiger partial charge on any atom is -0.486 e. The maximum Gasteiger partial charge on any atom is 0.264 e. The van der Waals surface area contributed by atoms with Gasteiger partial charge in [-0.2, -0.15) is 0 Å². The van der Waals surface area contributed by atoms with E-state index in [1.807, 2.05) is 6.07 Å². The standard InChI is InChI=1S/C18H13ClF2N2O3S/c19-15-10-13(5-7-17(15)26-11-14-3-1-2-8-22-14)23-27(24,25)18-9-12(20)4-6-16(18)21/h1-10,23H,11H2. The Balaban J connectivity index is 1.76. The van der Waals surface area contributed by atoms with Crippen molar-refractivity contribution in [1.29, 1.82) is 0 Å². The number of nitrogens with zero attached hydrogens (tertiary/aromatic N) is 1. The summed E-state index contributed by atoms with van der Waals surface area (Å²) < 4.78 is 59.3. The number of nitrogens with one attached hydrogen (secondary N) is 1. The van der Waals surface area contributed by atoms with Gasteiger partial charge >= 0.3 is 0 Å². The van der Waals surface area contributed by atoms with E-state index >= 15 is 0 Å². The Morgan fingerprint density at radius 2 is 1.89 bits per heavy atom. The zero-order chi connectivity index (χ0) is 19.4. The first kappa shape index (κ1) is 19.1. The largest absolute Gasteiger partial charge is 0.486 e. The molecule has 0 unspecified atom stereocenters. The van der Waals surface area contributed by atoms with Gasteiger partial charge < -0.3 is 4.74 Å². The van der Waals surface area contributed by atoms with Gasteiger partial charge in [0.05, 0.1) is 16.4 Å². The number of ether oxygens (including phenoxy) is 1. The molecular formula is C18H13ClF2N2O3S. The van der Waals surface area contributed by atoms with E-state index in [0.717, 1.165) is 12.1 Å². The molecule has 2 aromatic carbocycles. The second-order valence-electron chi connectivity index (χ2n) is 5.44. The molecule has 1 heterocycles. The number of aromatic nitrogens is 1. The minimum atomic E-state index is -4.33. The molecule has 0 saturated carbocycles. The summed E-state index contributed by atoms with van der Waals surface area (Å²) in [6.45, 7) is 0.181. The second-order valence-corrected chi connectivity index (χ2v) is 7.49. The van der Waals surface area contributed by atoms with Gasteiger partial charge in [-0.15, -0.1) is 0 Å². The van der Waals surface area contributed by atoms with Crippen molar-refractivity contribution in [3.05, 3.63) is 83.1 Å². The number of benzene rings is 2. The molecule has 0 radical (unpaired) electrons. The number of hydrogen-bond acceptors (Lipinski definition) is 4. The average Bonchev–Trinajstić information content (AvgIpc) is 2.63. The van der Waals surface area contributed by atoms with Crippen molar-refractivity contribution < 1.29 is 21.9 Å². The SMILES string of the molecule is O=S(=O)(Nc1ccc(OCc2ccccn2)c(Cl)c1)c1cc(F)ccc1F. The number of pyridine rings is 1. The van der Waals surface area contributed by atoms with Gasteiger partial charge in [0.1, 0.15) is 28.9 Å². The van der Waals surface area contributed by atoms with Crippen molar-refractivity contribution in [2.75, 3.05) is 4.72 Å². The van der Waals surface area contributed by atoms with Crippen LogP contribution in [0.1, 0.15) is 5.69 Å². The summed E-state index contributed by atoms with van der Waals surface area (Å²) in [5.74, 6) is -1.61. The van der Waals surface area contributed by atoms with Crippen molar-refractivity contribution in [1.82, 2.24) is 4.98 Å². The Kier molecular flexibility index (Phi) is 5.57. The van der Waals surface area contributed by atoms with Crippen LogP contribution < -0.4 is 9.46 Å². The van der Waals surface area contributed by atoms with Crippen molar-refractivity contribution in [3.8, 4) is 5.75 Å². The maximum atomic E-state index is 13.7. The Bertz CT molecular complexity index is 1060. The molecule has 1 aromatic heterocycles. The molecular weight excluding hydrogens is 398 g/mol. The monoisotopic (exact) mass is 410 g/mol. The van der Waals surface area contributed by atoms with Gasteiger partial charge in [-0.25, -0.2) is 17.2 Å².